The molecule has 0 unspecified atom stereocenters. The van der Waals surface area contributed by atoms with Gasteiger partial charge in [0.2, 0.25) is 5.91 Å². The Hall–Kier alpha value is -1.38. The zero-order chi connectivity index (χ0) is 12.0. The first-order valence-electron chi connectivity index (χ1n) is 5.59. The molecule has 1 aromatic carbocycles. The fourth-order valence-corrected chi connectivity index (χ4v) is 1.48. The lowest BCUT2D eigenvalue weighted by molar-refractivity contribution is -0.121. The molecule has 3 heteroatoms. The summed E-state index contributed by atoms with van der Waals surface area (Å²) in [7, 11) is 0. The van der Waals surface area contributed by atoms with E-state index in [1.165, 1.54) is 12.1 Å². The van der Waals surface area contributed by atoms with Crippen LogP contribution in [0.25, 0.3) is 0 Å². The van der Waals surface area contributed by atoms with Gasteiger partial charge in [-0.2, -0.15) is 0 Å². The lowest BCUT2D eigenvalue weighted by atomic mass is 10.1. The molecule has 0 aromatic heterocycles. The van der Waals surface area contributed by atoms with Crippen LogP contribution in [0.5, 0.6) is 0 Å². The minimum atomic E-state index is -0.231. The summed E-state index contributed by atoms with van der Waals surface area (Å²) >= 11 is 0. The summed E-state index contributed by atoms with van der Waals surface area (Å²) in [4.78, 5) is 11.3. The summed E-state index contributed by atoms with van der Waals surface area (Å²) in [5.41, 5.74) is 0.907. The van der Waals surface area contributed by atoms with Crippen molar-refractivity contribution in [2.45, 2.75) is 26.7 Å². The Kier molecular flexibility index (Phi) is 4.96. The molecule has 0 spiro atoms. The van der Waals surface area contributed by atoms with Gasteiger partial charge in [-0.15, -0.1) is 0 Å². The SMILES string of the molecule is CC(C)CC(=O)NCCc1cccc(F)c1. The van der Waals surface area contributed by atoms with Crippen LogP contribution in [0, 0.1) is 11.7 Å². The first-order valence-corrected chi connectivity index (χ1v) is 5.59. The van der Waals surface area contributed by atoms with Crippen LogP contribution >= 0.6 is 0 Å². The van der Waals surface area contributed by atoms with Crippen LogP contribution in [-0.2, 0) is 11.2 Å². The number of carbonyl (C=O) groups is 1. The maximum atomic E-state index is 12.8. The van der Waals surface area contributed by atoms with E-state index in [1.54, 1.807) is 6.07 Å². The normalized spacial score (nSPS) is 10.5. The Morgan fingerprint density at radius 2 is 2.19 bits per heavy atom. The molecule has 1 aromatic rings. The maximum absolute atomic E-state index is 12.8. The van der Waals surface area contributed by atoms with Gasteiger partial charge in [0.05, 0.1) is 0 Å². The zero-order valence-corrected chi connectivity index (χ0v) is 9.79. The number of hydrogen-bond donors (Lipinski definition) is 1. The smallest absolute Gasteiger partial charge is 0.220 e. The number of nitrogens with one attached hydrogen (secondary N) is 1. The van der Waals surface area contributed by atoms with Crippen LogP contribution in [0.3, 0.4) is 0 Å². The van der Waals surface area contributed by atoms with Crippen LogP contribution in [0.2, 0.25) is 0 Å². The third kappa shape index (κ3) is 4.91. The van der Waals surface area contributed by atoms with E-state index in [9.17, 15) is 9.18 Å². The third-order valence-electron chi connectivity index (χ3n) is 2.22. The molecular weight excluding hydrogens is 205 g/mol. The molecule has 0 atom stereocenters. The molecule has 0 fully saturated rings. The quantitative estimate of drug-likeness (QED) is 0.816. The highest BCUT2D eigenvalue weighted by atomic mass is 19.1. The molecule has 0 aliphatic carbocycles. The number of rotatable bonds is 5. The molecule has 0 heterocycles. The second-order valence-electron chi connectivity index (χ2n) is 4.33. The number of carbonyl (C=O) groups excluding carboxylic acids is 1. The number of halogens is 1. The van der Waals surface area contributed by atoms with Crippen molar-refractivity contribution >= 4 is 5.91 Å². The maximum Gasteiger partial charge on any atom is 0.220 e. The van der Waals surface area contributed by atoms with Crippen LogP contribution in [-0.4, -0.2) is 12.5 Å². The number of benzene rings is 1. The van der Waals surface area contributed by atoms with Gasteiger partial charge in [-0.1, -0.05) is 26.0 Å². The first-order chi connectivity index (χ1) is 7.58. The summed E-state index contributed by atoms with van der Waals surface area (Å²) in [6, 6.07) is 6.45. The molecule has 0 saturated heterocycles. The van der Waals surface area contributed by atoms with E-state index in [-0.39, 0.29) is 11.7 Å². The molecule has 0 aliphatic rings. The van der Waals surface area contributed by atoms with E-state index >= 15 is 0 Å². The van der Waals surface area contributed by atoms with Gasteiger partial charge in [-0.05, 0) is 30.0 Å². The fraction of sp³-hybridized carbons (Fsp3) is 0.462. The van der Waals surface area contributed by atoms with E-state index in [0.29, 0.717) is 25.3 Å². The van der Waals surface area contributed by atoms with Crippen molar-refractivity contribution < 1.29 is 9.18 Å². The molecular formula is C13H18FNO. The van der Waals surface area contributed by atoms with Crippen LogP contribution in [0.15, 0.2) is 24.3 Å². The Morgan fingerprint density at radius 3 is 2.81 bits per heavy atom. The molecule has 16 heavy (non-hydrogen) atoms. The molecule has 1 rings (SSSR count). The highest BCUT2D eigenvalue weighted by molar-refractivity contribution is 5.76. The standard InChI is InChI=1S/C13H18FNO/c1-10(2)8-13(16)15-7-6-11-4-3-5-12(14)9-11/h3-5,9-10H,6-8H2,1-2H3,(H,15,16). The molecule has 0 saturated carbocycles. The van der Waals surface area contributed by atoms with E-state index in [0.717, 1.165) is 5.56 Å². The highest BCUT2D eigenvalue weighted by Crippen LogP contribution is 2.04. The number of hydrogen-bond acceptors (Lipinski definition) is 1. The minimum absolute atomic E-state index is 0.0615. The number of amides is 1. The van der Waals surface area contributed by atoms with Gasteiger partial charge < -0.3 is 5.32 Å². The fourth-order valence-electron chi connectivity index (χ4n) is 1.48. The Balaban J connectivity index is 2.28. The second kappa shape index (κ2) is 6.26. The van der Waals surface area contributed by atoms with Crippen LogP contribution in [0.4, 0.5) is 4.39 Å². The minimum Gasteiger partial charge on any atom is -0.356 e. The van der Waals surface area contributed by atoms with E-state index < -0.39 is 0 Å². The van der Waals surface area contributed by atoms with Gasteiger partial charge in [-0.3, -0.25) is 4.79 Å². The summed E-state index contributed by atoms with van der Waals surface area (Å²) in [5, 5.41) is 2.82. The van der Waals surface area contributed by atoms with Gasteiger partial charge in [0.25, 0.3) is 0 Å². The summed E-state index contributed by atoms with van der Waals surface area (Å²) in [6.45, 7) is 4.58. The van der Waals surface area contributed by atoms with Gasteiger partial charge in [0, 0.05) is 13.0 Å². The molecule has 1 amide bonds. The largest absolute Gasteiger partial charge is 0.356 e. The summed E-state index contributed by atoms with van der Waals surface area (Å²) in [5.74, 6) is 0.201. The van der Waals surface area contributed by atoms with Crippen molar-refractivity contribution in [2.24, 2.45) is 5.92 Å². The topological polar surface area (TPSA) is 29.1 Å². The first kappa shape index (κ1) is 12.7. The molecule has 88 valence electrons. The summed E-state index contributed by atoms with van der Waals surface area (Å²) < 4.78 is 12.8. The third-order valence-corrected chi connectivity index (χ3v) is 2.22. The molecule has 2 nitrogen and oxygen atoms in total. The van der Waals surface area contributed by atoms with Crippen molar-refractivity contribution in [1.29, 1.82) is 0 Å². The predicted octanol–water partition coefficient (Wildman–Crippen LogP) is 2.53. The van der Waals surface area contributed by atoms with E-state index in [2.05, 4.69) is 5.32 Å². The van der Waals surface area contributed by atoms with Crippen LogP contribution < -0.4 is 5.32 Å². The van der Waals surface area contributed by atoms with Gasteiger partial charge in [0.15, 0.2) is 0 Å². The Morgan fingerprint density at radius 1 is 1.44 bits per heavy atom. The molecule has 1 N–H and O–H groups in total. The lowest BCUT2D eigenvalue weighted by Gasteiger charge is -2.07. The molecule has 0 radical (unpaired) electrons. The van der Waals surface area contributed by atoms with Crippen LogP contribution in [0.1, 0.15) is 25.8 Å². The summed E-state index contributed by atoms with van der Waals surface area (Å²) in [6.07, 6.45) is 1.21. The lowest BCUT2D eigenvalue weighted by Crippen LogP contribution is -2.26. The Bertz CT molecular complexity index is 350. The molecule has 0 bridgehead atoms. The monoisotopic (exact) mass is 223 g/mol. The van der Waals surface area contributed by atoms with Gasteiger partial charge in [-0.25, -0.2) is 4.39 Å². The average Bonchev–Trinajstić information content (AvgIpc) is 2.16. The van der Waals surface area contributed by atoms with E-state index in [1.807, 2.05) is 19.9 Å². The Labute approximate surface area is 95.9 Å². The van der Waals surface area contributed by atoms with Gasteiger partial charge >= 0.3 is 0 Å². The molecule has 0 aliphatic heterocycles. The van der Waals surface area contributed by atoms with Crippen molar-refractivity contribution in [1.82, 2.24) is 5.32 Å². The van der Waals surface area contributed by atoms with Crippen molar-refractivity contribution in [3.63, 3.8) is 0 Å². The van der Waals surface area contributed by atoms with E-state index in [4.69, 9.17) is 0 Å². The van der Waals surface area contributed by atoms with Crippen molar-refractivity contribution in [3.05, 3.63) is 35.6 Å². The van der Waals surface area contributed by atoms with Crippen molar-refractivity contribution in [3.8, 4) is 0 Å². The second-order valence-corrected chi connectivity index (χ2v) is 4.33. The van der Waals surface area contributed by atoms with Crippen molar-refractivity contribution in [2.75, 3.05) is 6.54 Å². The highest BCUT2D eigenvalue weighted by Gasteiger charge is 2.03. The zero-order valence-electron chi connectivity index (χ0n) is 9.79. The predicted molar refractivity (Wildman–Crippen MR) is 62.6 cm³/mol. The van der Waals surface area contributed by atoms with Gasteiger partial charge in [0.1, 0.15) is 5.82 Å². The average molecular weight is 223 g/mol.